The number of pyridine rings is 3. The quantitative estimate of drug-likeness (QED) is 0.160. The minimum absolute atomic E-state index is 0.243. The molecule has 0 aliphatic carbocycles. The van der Waals surface area contributed by atoms with E-state index in [1.165, 1.54) is 19.2 Å². The Labute approximate surface area is 258 Å². The Balaban J connectivity index is 1.20. The predicted octanol–water partition coefficient (Wildman–Crippen LogP) is 6.09. The lowest BCUT2D eigenvalue weighted by Gasteiger charge is -2.26. The fourth-order valence-electron chi connectivity index (χ4n) is 4.94. The number of halogens is 2. The fraction of sp³-hybridized carbons (Fsp3) is 0.219. The lowest BCUT2D eigenvalue weighted by molar-refractivity contribution is 0.0398. The Morgan fingerprint density at radius 1 is 0.955 bits per heavy atom. The number of benzene rings is 2. The summed E-state index contributed by atoms with van der Waals surface area (Å²) in [6.45, 7) is 5.21. The van der Waals surface area contributed by atoms with E-state index >= 15 is 0 Å². The Hall–Kier alpha value is -4.52. The van der Waals surface area contributed by atoms with Crippen molar-refractivity contribution in [3.05, 3.63) is 84.7 Å². The molecule has 1 saturated heterocycles. The van der Waals surface area contributed by atoms with Gasteiger partial charge in [-0.15, -0.1) is 0 Å². The van der Waals surface area contributed by atoms with E-state index in [4.69, 9.17) is 15.2 Å². The summed E-state index contributed by atoms with van der Waals surface area (Å²) in [7, 11) is 1.51. The predicted molar refractivity (Wildman–Crippen MR) is 171 cm³/mol. The smallest absolute Gasteiger partial charge is 0.237 e. The van der Waals surface area contributed by atoms with E-state index in [0.29, 0.717) is 17.4 Å². The second-order valence-corrected chi connectivity index (χ2v) is 11.0. The van der Waals surface area contributed by atoms with Gasteiger partial charge in [0.15, 0.2) is 0 Å². The summed E-state index contributed by atoms with van der Waals surface area (Å²) in [5.74, 6) is 0.265. The van der Waals surface area contributed by atoms with Gasteiger partial charge in [0.05, 0.1) is 30.7 Å². The highest BCUT2D eigenvalue weighted by Gasteiger charge is 2.13. The van der Waals surface area contributed by atoms with Crippen molar-refractivity contribution in [2.45, 2.75) is 4.90 Å². The number of fused-ring (bicyclic) bond motifs is 1. The Kier molecular flexibility index (Phi) is 9.01. The molecule has 6 rings (SSSR count). The van der Waals surface area contributed by atoms with Crippen LogP contribution in [0.25, 0.3) is 33.2 Å². The van der Waals surface area contributed by atoms with E-state index in [1.54, 1.807) is 12.4 Å². The van der Waals surface area contributed by atoms with Gasteiger partial charge in [-0.2, -0.15) is 0 Å². The molecule has 0 bridgehead atoms. The molecule has 0 unspecified atom stereocenters. The summed E-state index contributed by atoms with van der Waals surface area (Å²) in [6, 6.07) is 17.1. The number of hydrogen-bond acceptors (Lipinski definition) is 10. The van der Waals surface area contributed by atoms with Gasteiger partial charge in [0.2, 0.25) is 5.88 Å². The third-order valence-corrected chi connectivity index (χ3v) is 8.17. The van der Waals surface area contributed by atoms with Crippen molar-refractivity contribution in [3.63, 3.8) is 0 Å². The summed E-state index contributed by atoms with van der Waals surface area (Å²) in [4.78, 5) is 16.3. The minimum atomic E-state index is -0.660. The van der Waals surface area contributed by atoms with Crippen LogP contribution in [0, 0.1) is 11.6 Å². The molecular formula is C32H31F2N7O2S. The molecule has 0 radical (unpaired) electrons. The van der Waals surface area contributed by atoms with Crippen molar-refractivity contribution in [1.29, 1.82) is 0 Å². The highest BCUT2D eigenvalue weighted by Crippen LogP contribution is 2.35. The first kappa shape index (κ1) is 29.5. The monoisotopic (exact) mass is 615 g/mol. The van der Waals surface area contributed by atoms with Gasteiger partial charge < -0.3 is 25.2 Å². The van der Waals surface area contributed by atoms with E-state index in [2.05, 4.69) is 29.9 Å². The zero-order valence-corrected chi connectivity index (χ0v) is 24.8. The molecule has 0 atom stereocenters. The van der Waals surface area contributed by atoms with Crippen LogP contribution in [0.1, 0.15) is 0 Å². The maximum atomic E-state index is 14.2. The molecule has 12 heteroatoms. The van der Waals surface area contributed by atoms with E-state index < -0.39 is 11.6 Å². The highest BCUT2D eigenvalue weighted by molar-refractivity contribution is 8.00. The fourth-order valence-corrected chi connectivity index (χ4v) is 5.60. The first-order valence-electron chi connectivity index (χ1n) is 14.1. The van der Waals surface area contributed by atoms with Crippen LogP contribution in [0.4, 0.5) is 26.1 Å². The van der Waals surface area contributed by atoms with Gasteiger partial charge in [0.25, 0.3) is 0 Å². The first-order chi connectivity index (χ1) is 21.5. The van der Waals surface area contributed by atoms with Crippen LogP contribution >= 0.6 is 11.9 Å². The van der Waals surface area contributed by atoms with Gasteiger partial charge in [-0.1, -0.05) is 6.07 Å². The molecule has 5 aromatic rings. The van der Waals surface area contributed by atoms with Crippen LogP contribution in [0.5, 0.6) is 5.88 Å². The molecule has 0 saturated carbocycles. The molecule has 44 heavy (non-hydrogen) atoms. The summed E-state index contributed by atoms with van der Waals surface area (Å²) in [5, 5.41) is 4.28. The molecule has 9 nitrogen and oxygen atoms in total. The minimum Gasteiger partial charge on any atom is -0.480 e. The second kappa shape index (κ2) is 13.4. The molecule has 4 N–H and O–H groups in total. The second-order valence-electron chi connectivity index (χ2n) is 10.2. The van der Waals surface area contributed by atoms with Crippen LogP contribution in [0.15, 0.2) is 78.0 Å². The number of hydrogen-bond donors (Lipinski definition) is 3. The number of rotatable bonds is 10. The normalized spacial score (nSPS) is 13.6. The maximum Gasteiger partial charge on any atom is 0.237 e. The Morgan fingerprint density at radius 3 is 2.55 bits per heavy atom. The number of nitrogen functional groups attached to an aromatic ring is 1. The van der Waals surface area contributed by atoms with Crippen LogP contribution in [0.2, 0.25) is 0 Å². The molecule has 226 valence electrons. The molecule has 1 aliphatic heterocycles. The Bertz CT molecular complexity index is 1770. The van der Waals surface area contributed by atoms with Crippen molar-refractivity contribution >= 4 is 40.2 Å². The zero-order chi connectivity index (χ0) is 30.5. The molecule has 0 spiro atoms. The van der Waals surface area contributed by atoms with E-state index in [-0.39, 0.29) is 4.90 Å². The van der Waals surface area contributed by atoms with Crippen molar-refractivity contribution in [2.75, 3.05) is 62.3 Å². The van der Waals surface area contributed by atoms with Crippen molar-refractivity contribution in [1.82, 2.24) is 19.9 Å². The standard InChI is InChI=1S/C32H31F2N7O2S/c1-42-32-28(40-44-29-6-4-24(33)17-26(29)34)16-23(19-38-32)20-2-5-27-22(14-20)15-25(31(35)39-27)21-3-7-30(37-18-21)36-8-9-41-10-12-43-13-11-41/h2-7,14-19,40H,8-13H2,1H3,(H2,35,39)(H,36,37). The summed E-state index contributed by atoms with van der Waals surface area (Å²) < 4.78 is 41.4. The first-order valence-corrected chi connectivity index (χ1v) is 14.9. The highest BCUT2D eigenvalue weighted by atomic mass is 32.2. The molecule has 2 aromatic carbocycles. The van der Waals surface area contributed by atoms with Gasteiger partial charge in [-0.05, 0) is 66.0 Å². The largest absolute Gasteiger partial charge is 0.480 e. The number of morpholine rings is 1. The number of nitrogens with one attached hydrogen (secondary N) is 2. The van der Waals surface area contributed by atoms with Gasteiger partial charge in [-0.3, -0.25) is 4.90 Å². The van der Waals surface area contributed by atoms with Crippen LogP contribution < -0.4 is 20.5 Å². The molecular weight excluding hydrogens is 584 g/mol. The number of methoxy groups -OCH3 is 1. The van der Waals surface area contributed by atoms with Crippen molar-refractivity contribution in [2.24, 2.45) is 0 Å². The number of ether oxygens (including phenoxy) is 2. The summed E-state index contributed by atoms with van der Waals surface area (Å²) in [6.07, 6.45) is 3.50. The van der Waals surface area contributed by atoms with Crippen molar-refractivity contribution in [3.8, 4) is 28.1 Å². The van der Waals surface area contributed by atoms with Crippen LogP contribution in [-0.4, -0.2) is 66.4 Å². The van der Waals surface area contributed by atoms with Crippen LogP contribution in [0.3, 0.4) is 0 Å². The lowest BCUT2D eigenvalue weighted by Crippen LogP contribution is -2.39. The topological polar surface area (TPSA) is 110 Å². The number of nitrogens with two attached hydrogens (primary N) is 1. The molecule has 1 aliphatic rings. The Morgan fingerprint density at radius 2 is 1.77 bits per heavy atom. The maximum absolute atomic E-state index is 14.2. The van der Waals surface area contributed by atoms with Gasteiger partial charge in [0.1, 0.15) is 29.0 Å². The molecule has 0 amide bonds. The molecule has 1 fully saturated rings. The SMILES string of the molecule is COc1ncc(-c2ccc3nc(N)c(-c4ccc(NCCN5CCOCC5)nc4)cc3c2)cc1NSc1ccc(F)cc1F. The van der Waals surface area contributed by atoms with Gasteiger partial charge in [-0.25, -0.2) is 23.7 Å². The zero-order valence-electron chi connectivity index (χ0n) is 24.0. The summed E-state index contributed by atoms with van der Waals surface area (Å²) in [5.41, 5.74) is 11.0. The number of aromatic nitrogens is 3. The van der Waals surface area contributed by atoms with E-state index in [9.17, 15) is 8.78 Å². The lowest BCUT2D eigenvalue weighted by atomic mass is 10.0. The van der Waals surface area contributed by atoms with Crippen LogP contribution in [-0.2, 0) is 4.74 Å². The average Bonchev–Trinajstić information content (AvgIpc) is 3.04. The van der Waals surface area contributed by atoms with Gasteiger partial charge in [0, 0.05) is 66.7 Å². The third kappa shape index (κ3) is 6.83. The number of nitrogens with zero attached hydrogens (tertiary/aromatic N) is 4. The van der Waals surface area contributed by atoms with Gasteiger partial charge >= 0.3 is 0 Å². The third-order valence-electron chi connectivity index (χ3n) is 7.30. The summed E-state index contributed by atoms with van der Waals surface area (Å²) >= 11 is 1.00. The van der Waals surface area contributed by atoms with Crippen molar-refractivity contribution < 1.29 is 18.3 Å². The number of anilines is 3. The molecule has 3 aromatic heterocycles. The van der Waals surface area contributed by atoms with E-state index in [1.807, 2.05) is 42.5 Å². The average molecular weight is 616 g/mol. The van der Waals surface area contributed by atoms with E-state index in [0.717, 1.165) is 96.4 Å². The molecule has 4 heterocycles.